The summed E-state index contributed by atoms with van der Waals surface area (Å²) >= 11 is 0. The molecule has 0 spiro atoms. The first-order chi connectivity index (χ1) is 6.88. The maximum atomic E-state index is 3.55. The molecule has 4 unspecified atom stereocenters. The minimum atomic E-state index is 0.850. The van der Waals surface area contributed by atoms with Crippen LogP contribution >= 0.6 is 0 Å². The standard InChI is InChI=1S/C13H25N/c1-3-10-11-8-6-4-5-7-9-12(11)13(10)14-2/h10-14H,3-9H2,1-2H3. The number of hydrogen-bond donors (Lipinski definition) is 1. The molecule has 1 nitrogen and oxygen atoms in total. The maximum Gasteiger partial charge on any atom is 0.0126 e. The number of rotatable bonds is 2. The van der Waals surface area contributed by atoms with Gasteiger partial charge in [0.15, 0.2) is 0 Å². The van der Waals surface area contributed by atoms with Crippen molar-refractivity contribution in [2.75, 3.05) is 7.05 Å². The van der Waals surface area contributed by atoms with E-state index in [1.807, 2.05) is 0 Å². The summed E-state index contributed by atoms with van der Waals surface area (Å²) in [6.45, 7) is 2.37. The Morgan fingerprint density at radius 3 is 2.21 bits per heavy atom. The van der Waals surface area contributed by atoms with Gasteiger partial charge in [-0.3, -0.25) is 0 Å². The summed E-state index contributed by atoms with van der Waals surface area (Å²) in [6.07, 6.45) is 10.3. The van der Waals surface area contributed by atoms with E-state index in [9.17, 15) is 0 Å². The molecule has 0 heterocycles. The summed E-state index contributed by atoms with van der Waals surface area (Å²) in [7, 11) is 2.16. The molecule has 0 aromatic heterocycles. The van der Waals surface area contributed by atoms with Crippen LogP contribution in [0.4, 0.5) is 0 Å². The van der Waals surface area contributed by atoms with Crippen molar-refractivity contribution in [3.63, 3.8) is 0 Å². The Kier molecular flexibility index (Phi) is 3.48. The van der Waals surface area contributed by atoms with Crippen molar-refractivity contribution in [1.82, 2.24) is 5.32 Å². The van der Waals surface area contributed by atoms with Gasteiger partial charge >= 0.3 is 0 Å². The first-order valence-electron chi connectivity index (χ1n) is 6.55. The lowest BCUT2D eigenvalue weighted by Crippen LogP contribution is -2.57. The van der Waals surface area contributed by atoms with Crippen molar-refractivity contribution in [1.29, 1.82) is 0 Å². The fourth-order valence-corrected chi connectivity index (χ4v) is 3.94. The molecule has 4 atom stereocenters. The minimum absolute atomic E-state index is 0.850. The number of fused-ring (bicyclic) bond motifs is 1. The predicted octanol–water partition coefficient (Wildman–Crippen LogP) is 3.20. The Balaban J connectivity index is 1.96. The lowest BCUT2D eigenvalue weighted by Gasteiger charge is -2.53. The normalized spacial score (nSPS) is 43.3. The van der Waals surface area contributed by atoms with E-state index in [-0.39, 0.29) is 0 Å². The highest BCUT2D eigenvalue weighted by atomic mass is 14.9. The quantitative estimate of drug-likeness (QED) is 0.713. The second-order valence-corrected chi connectivity index (χ2v) is 5.21. The average Bonchev–Trinajstić information content (AvgIpc) is 2.16. The molecule has 1 N–H and O–H groups in total. The van der Waals surface area contributed by atoms with E-state index in [1.165, 1.54) is 44.9 Å². The van der Waals surface area contributed by atoms with E-state index < -0.39 is 0 Å². The second-order valence-electron chi connectivity index (χ2n) is 5.21. The van der Waals surface area contributed by atoms with Crippen molar-refractivity contribution in [2.24, 2.45) is 17.8 Å². The third-order valence-electron chi connectivity index (χ3n) is 4.65. The van der Waals surface area contributed by atoms with Crippen LogP contribution in [0.2, 0.25) is 0 Å². The molecule has 2 aliphatic rings. The molecule has 2 fully saturated rings. The summed E-state index contributed by atoms with van der Waals surface area (Å²) in [4.78, 5) is 0. The summed E-state index contributed by atoms with van der Waals surface area (Å²) in [5, 5.41) is 3.55. The highest BCUT2D eigenvalue weighted by Crippen LogP contribution is 2.48. The van der Waals surface area contributed by atoms with Gasteiger partial charge in [0.25, 0.3) is 0 Å². The molecule has 82 valence electrons. The largest absolute Gasteiger partial charge is 0.316 e. The Bertz CT molecular complexity index is 158. The molecular weight excluding hydrogens is 170 g/mol. The lowest BCUT2D eigenvalue weighted by atomic mass is 9.56. The second kappa shape index (κ2) is 4.65. The van der Waals surface area contributed by atoms with E-state index >= 15 is 0 Å². The van der Waals surface area contributed by atoms with E-state index in [0.29, 0.717) is 0 Å². The molecule has 0 saturated heterocycles. The molecule has 0 radical (unpaired) electrons. The smallest absolute Gasteiger partial charge is 0.0126 e. The Morgan fingerprint density at radius 2 is 1.64 bits per heavy atom. The van der Waals surface area contributed by atoms with Crippen LogP contribution in [0.5, 0.6) is 0 Å². The molecule has 0 aromatic carbocycles. The van der Waals surface area contributed by atoms with Crippen LogP contribution < -0.4 is 5.32 Å². The van der Waals surface area contributed by atoms with Gasteiger partial charge < -0.3 is 5.32 Å². The highest BCUT2D eigenvalue weighted by Gasteiger charge is 2.47. The molecule has 2 saturated carbocycles. The van der Waals surface area contributed by atoms with Crippen LogP contribution in [0.1, 0.15) is 51.9 Å². The summed E-state index contributed by atoms with van der Waals surface area (Å²) < 4.78 is 0. The van der Waals surface area contributed by atoms with Crippen LogP contribution in [0.15, 0.2) is 0 Å². The van der Waals surface area contributed by atoms with Crippen molar-refractivity contribution in [3.8, 4) is 0 Å². The first-order valence-corrected chi connectivity index (χ1v) is 6.55. The third kappa shape index (κ3) is 1.71. The van der Waals surface area contributed by atoms with Crippen LogP contribution in [0.25, 0.3) is 0 Å². The van der Waals surface area contributed by atoms with Crippen molar-refractivity contribution in [3.05, 3.63) is 0 Å². The minimum Gasteiger partial charge on any atom is -0.316 e. The molecule has 1 heteroatoms. The maximum absolute atomic E-state index is 3.55. The summed E-state index contributed by atoms with van der Waals surface area (Å²) in [5.41, 5.74) is 0. The monoisotopic (exact) mass is 195 g/mol. The molecule has 0 bridgehead atoms. The van der Waals surface area contributed by atoms with Gasteiger partial charge in [0.1, 0.15) is 0 Å². The topological polar surface area (TPSA) is 12.0 Å². The van der Waals surface area contributed by atoms with Crippen LogP contribution in [0.3, 0.4) is 0 Å². The Hall–Kier alpha value is -0.0400. The fraction of sp³-hybridized carbons (Fsp3) is 1.00. The van der Waals surface area contributed by atoms with Gasteiger partial charge in [0.2, 0.25) is 0 Å². The molecule has 2 rings (SSSR count). The third-order valence-corrected chi connectivity index (χ3v) is 4.65. The van der Waals surface area contributed by atoms with Gasteiger partial charge in [0.05, 0.1) is 0 Å². The van der Waals surface area contributed by atoms with Gasteiger partial charge in [-0.05, 0) is 37.6 Å². The van der Waals surface area contributed by atoms with Gasteiger partial charge in [-0.15, -0.1) is 0 Å². The fourth-order valence-electron chi connectivity index (χ4n) is 3.94. The highest BCUT2D eigenvalue weighted by molar-refractivity contribution is 5.00. The van der Waals surface area contributed by atoms with Crippen LogP contribution in [-0.2, 0) is 0 Å². The van der Waals surface area contributed by atoms with Gasteiger partial charge in [-0.1, -0.05) is 39.0 Å². The Labute approximate surface area is 88.7 Å². The molecule has 2 aliphatic carbocycles. The summed E-state index contributed by atoms with van der Waals surface area (Å²) in [5.74, 6) is 3.08. The zero-order valence-electron chi connectivity index (χ0n) is 9.76. The van der Waals surface area contributed by atoms with Crippen molar-refractivity contribution >= 4 is 0 Å². The Morgan fingerprint density at radius 1 is 1.00 bits per heavy atom. The predicted molar refractivity (Wildman–Crippen MR) is 61.3 cm³/mol. The zero-order chi connectivity index (χ0) is 9.97. The molecular formula is C13H25N. The molecule has 0 aromatic rings. The molecule has 0 aliphatic heterocycles. The average molecular weight is 195 g/mol. The van der Waals surface area contributed by atoms with E-state index in [0.717, 1.165) is 23.8 Å². The van der Waals surface area contributed by atoms with Gasteiger partial charge in [-0.2, -0.15) is 0 Å². The van der Waals surface area contributed by atoms with E-state index in [4.69, 9.17) is 0 Å². The lowest BCUT2D eigenvalue weighted by molar-refractivity contribution is -0.00558. The van der Waals surface area contributed by atoms with Gasteiger partial charge in [-0.25, -0.2) is 0 Å². The summed E-state index contributed by atoms with van der Waals surface area (Å²) in [6, 6.07) is 0.850. The van der Waals surface area contributed by atoms with Crippen LogP contribution in [-0.4, -0.2) is 13.1 Å². The SMILES string of the molecule is CCC1C2CCCCCCC2C1NC. The zero-order valence-corrected chi connectivity index (χ0v) is 9.76. The number of hydrogen-bond acceptors (Lipinski definition) is 1. The first kappa shape index (κ1) is 10.5. The van der Waals surface area contributed by atoms with E-state index in [2.05, 4.69) is 19.3 Å². The van der Waals surface area contributed by atoms with Gasteiger partial charge in [0, 0.05) is 6.04 Å². The molecule has 14 heavy (non-hydrogen) atoms. The molecule has 0 amide bonds. The van der Waals surface area contributed by atoms with Crippen LogP contribution in [0, 0.1) is 17.8 Å². The van der Waals surface area contributed by atoms with Crippen molar-refractivity contribution in [2.45, 2.75) is 57.9 Å². The van der Waals surface area contributed by atoms with Crippen molar-refractivity contribution < 1.29 is 0 Å². The van der Waals surface area contributed by atoms with E-state index in [1.54, 1.807) is 0 Å². The number of nitrogens with one attached hydrogen (secondary N) is 1.